The van der Waals surface area contributed by atoms with Gasteiger partial charge in [0.25, 0.3) is 0 Å². The predicted octanol–water partition coefficient (Wildman–Crippen LogP) is 0.407. The first-order valence-corrected chi connectivity index (χ1v) is 9.11. The Kier molecular flexibility index (Phi) is 6.78. The average molecular weight is 327 g/mol. The highest BCUT2D eigenvalue weighted by Crippen LogP contribution is 2.12. The van der Waals surface area contributed by atoms with Crippen LogP contribution in [0, 0.1) is 0 Å². The van der Waals surface area contributed by atoms with Crippen LogP contribution >= 0.6 is 0 Å². The molecule has 0 saturated carbocycles. The Hall–Kier alpha value is -0.990. The van der Waals surface area contributed by atoms with E-state index < -0.39 is 10.0 Å². The first-order valence-electron chi connectivity index (χ1n) is 7.62. The highest BCUT2D eigenvalue weighted by Gasteiger charge is 2.14. The van der Waals surface area contributed by atoms with E-state index in [9.17, 15) is 8.42 Å². The highest BCUT2D eigenvalue weighted by atomic mass is 32.2. The van der Waals surface area contributed by atoms with Crippen molar-refractivity contribution in [2.24, 2.45) is 0 Å². The molecule has 1 aromatic rings. The van der Waals surface area contributed by atoms with Gasteiger partial charge in [-0.05, 0) is 30.7 Å². The summed E-state index contributed by atoms with van der Waals surface area (Å²) in [5.74, 6) is 0. The SMILES string of the molecule is COCc1cccc(S(=O)(=O)NCCCN2CCNCC2)c1. The molecule has 2 rings (SSSR count). The minimum Gasteiger partial charge on any atom is -0.380 e. The van der Waals surface area contributed by atoms with Crippen molar-refractivity contribution in [2.45, 2.75) is 17.9 Å². The molecule has 1 aliphatic heterocycles. The third-order valence-corrected chi connectivity index (χ3v) is 5.13. The van der Waals surface area contributed by atoms with Crippen molar-refractivity contribution in [3.05, 3.63) is 29.8 Å². The molecule has 0 unspecified atom stereocenters. The summed E-state index contributed by atoms with van der Waals surface area (Å²) in [7, 11) is -1.85. The lowest BCUT2D eigenvalue weighted by Gasteiger charge is -2.27. The Balaban J connectivity index is 1.81. The maximum atomic E-state index is 12.3. The van der Waals surface area contributed by atoms with Crippen LogP contribution in [0.15, 0.2) is 29.2 Å². The number of benzene rings is 1. The number of piperazine rings is 1. The normalized spacial score (nSPS) is 16.8. The zero-order valence-corrected chi connectivity index (χ0v) is 13.9. The second kappa shape index (κ2) is 8.59. The molecular formula is C15H25N3O3S. The fourth-order valence-corrected chi connectivity index (χ4v) is 3.64. The second-order valence-corrected chi connectivity index (χ2v) is 7.19. The van der Waals surface area contributed by atoms with Crippen molar-refractivity contribution in [1.82, 2.24) is 14.9 Å². The summed E-state index contributed by atoms with van der Waals surface area (Å²) >= 11 is 0. The van der Waals surface area contributed by atoms with Gasteiger partial charge in [0.1, 0.15) is 0 Å². The van der Waals surface area contributed by atoms with Gasteiger partial charge in [0.2, 0.25) is 10.0 Å². The molecule has 6 nitrogen and oxygen atoms in total. The van der Waals surface area contributed by atoms with Crippen LogP contribution in [0.3, 0.4) is 0 Å². The van der Waals surface area contributed by atoms with E-state index in [1.165, 1.54) is 0 Å². The molecule has 2 N–H and O–H groups in total. The van der Waals surface area contributed by atoms with E-state index in [0.717, 1.165) is 44.7 Å². The molecule has 1 aliphatic rings. The van der Waals surface area contributed by atoms with Crippen molar-refractivity contribution in [3.8, 4) is 0 Å². The Morgan fingerprint density at radius 3 is 2.82 bits per heavy atom. The van der Waals surface area contributed by atoms with E-state index in [-0.39, 0.29) is 0 Å². The van der Waals surface area contributed by atoms with E-state index in [1.54, 1.807) is 25.3 Å². The smallest absolute Gasteiger partial charge is 0.240 e. The van der Waals surface area contributed by atoms with E-state index in [4.69, 9.17) is 4.74 Å². The van der Waals surface area contributed by atoms with Crippen molar-refractivity contribution in [1.29, 1.82) is 0 Å². The topological polar surface area (TPSA) is 70.7 Å². The molecule has 22 heavy (non-hydrogen) atoms. The molecule has 0 spiro atoms. The molecule has 0 amide bonds. The summed E-state index contributed by atoms with van der Waals surface area (Å²) < 4.78 is 32.2. The summed E-state index contributed by atoms with van der Waals surface area (Å²) in [5, 5.41) is 3.30. The largest absolute Gasteiger partial charge is 0.380 e. The number of nitrogens with zero attached hydrogens (tertiary/aromatic N) is 1. The lowest BCUT2D eigenvalue weighted by atomic mass is 10.2. The Bertz CT molecular complexity index is 557. The maximum Gasteiger partial charge on any atom is 0.240 e. The molecule has 124 valence electrons. The zero-order valence-electron chi connectivity index (χ0n) is 13.0. The van der Waals surface area contributed by atoms with E-state index >= 15 is 0 Å². The van der Waals surface area contributed by atoms with Gasteiger partial charge < -0.3 is 15.0 Å². The number of nitrogens with one attached hydrogen (secondary N) is 2. The Morgan fingerprint density at radius 2 is 2.09 bits per heavy atom. The maximum absolute atomic E-state index is 12.3. The molecule has 0 aromatic heterocycles. The van der Waals surface area contributed by atoms with Crippen LogP contribution in [0.25, 0.3) is 0 Å². The third-order valence-electron chi connectivity index (χ3n) is 3.67. The molecule has 0 atom stereocenters. The molecule has 0 radical (unpaired) electrons. The summed E-state index contributed by atoms with van der Waals surface area (Å²) in [5.41, 5.74) is 0.853. The first kappa shape index (κ1) is 17.4. The molecule has 1 fully saturated rings. The molecule has 0 aliphatic carbocycles. The van der Waals surface area contributed by atoms with Gasteiger partial charge in [0.15, 0.2) is 0 Å². The fraction of sp³-hybridized carbons (Fsp3) is 0.600. The third kappa shape index (κ3) is 5.33. The summed E-state index contributed by atoms with van der Waals surface area (Å²) in [6.45, 7) is 5.88. The van der Waals surface area contributed by atoms with E-state index in [2.05, 4.69) is 14.9 Å². The van der Waals surface area contributed by atoms with Crippen LogP contribution in [-0.4, -0.2) is 59.7 Å². The van der Waals surface area contributed by atoms with E-state index in [0.29, 0.717) is 18.0 Å². The summed E-state index contributed by atoms with van der Waals surface area (Å²) in [6.07, 6.45) is 0.816. The van der Waals surface area contributed by atoms with Crippen LogP contribution in [-0.2, 0) is 21.4 Å². The van der Waals surface area contributed by atoms with Gasteiger partial charge in [-0.15, -0.1) is 0 Å². The zero-order chi connectivity index (χ0) is 15.8. The lowest BCUT2D eigenvalue weighted by molar-refractivity contribution is 0.184. The fourth-order valence-electron chi connectivity index (χ4n) is 2.50. The number of rotatable bonds is 8. The molecule has 7 heteroatoms. The van der Waals surface area contributed by atoms with Gasteiger partial charge in [-0.25, -0.2) is 13.1 Å². The number of hydrogen-bond donors (Lipinski definition) is 2. The van der Waals surface area contributed by atoms with Gasteiger partial charge in [0, 0.05) is 39.8 Å². The molecule has 1 aromatic carbocycles. The van der Waals surface area contributed by atoms with Gasteiger partial charge in [-0.1, -0.05) is 12.1 Å². The van der Waals surface area contributed by atoms with Gasteiger partial charge >= 0.3 is 0 Å². The quantitative estimate of drug-likeness (QED) is 0.677. The molecule has 1 heterocycles. The molecular weight excluding hydrogens is 302 g/mol. The van der Waals surface area contributed by atoms with Crippen molar-refractivity contribution in [2.75, 3.05) is 46.4 Å². The average Bonchev–Trinajstić information content (AvgIpc) is 2.53. The van der Waals surface area contributed by atoms with Crippen LogP contribution in [0.5, 0.6) is 0 Å². The van der Waals surface area contributed by atoms with Crippen molar-refractivity contribution >= 4 is 10.0 Å². The predicted molar refractivity (Wildman–Crippen MR) is 86.3 cm³/mol. The monoisotopic (exact) mass is 327 g/mol. The minimum atomic E-state index is -3.44. The lowest BCUT2D eigenvalue weighted by Crippen LogP contribution is -2.44. The number of ether oxygens (including phenoxy) is 1. The Labute approximate surface area is 132 Å². The molecule has 0 bridgehead atoms. The number of sulfonamides is 1. The standard InChI is InChI=1S/C15H25N3O3S/c1-21-13-14-4-2-5-15(12-14)22(19,20)17-6-3-9-18-10-7-16-8-11-18/h2,4-5,12,16-17H,3,6-11,13H2,1H3. The number of hydrogen-bond acceptors (Lipinski definition) is 5. The summed E-state index contributed by atoms with van der Waals surface area (Å²) in [6, 6.07) is 6.86. The first-order chi connectivity index (χ1) is 10.6. The van der Waals surface area contributed by atoms with Gasteiger partial charge in [0.05, 0.1) is 11.5 Å². The second-order valence-electron chi connectivity index (χ2n) is 5.42. The van der Waals surface area contributed by atoms with Crippen LogP contribution in [0.1, 0.15) is 12.0 Å². The molecule has 1 saturated heterocycles. The number of methoxy groups -OCH3 is 1. The van der Waals surface area contributed by atoms with E-state index in [1.807, 2.05) is 6.07 Å². The van der Waals surface area contributed by atoms with Crippen LogP contribution in [0.2, 0.25) is 0 Å². The van der Waals surface area contributed by atoms with Crippen molar-refractivity contribution < 1.29 is 13.2 Å². The van der Waals surface area contributed by atoms with Gasteiger partial charge in [-0.3, -0.25) is 0 Å². The Morgan fingerprint density at radius 1 is 1.32 bits per heavy atom. The summed E-state index contributed by atoms with van der Waals surface area (Å²) in [4.78, 5) is 2.65. The highest BCUT2D eigenvalue weighted by molar-refractivity contribution is 7.89. The van der Waals surface area contributed by atoms with Crippen LogP contribution < -0.4 is 10.0 Å². The van der Waals surface area contributed by atoms with Gasteiger partial charge in [-0.2, -0.15) is 0 Å². The minimum absolute atomic E-state index is 0.296. The van der Waals surface area contributed by atoms with Crippen LogP contribution in [0.4, 0.5) is 0 Å². The van der Waals surface area contributed by atoms with Crippen molar-refractivity contribution in [3.63, 3.8) is 0 Å².